The smallest absolute Gasteiger partial charge is 0.328 e. The number of hydrogen-bond acceptors (Lipinski definition) is 7. The average Bonchev–Trinajstić information content (AvgIpc) is 2.36. The van der Waals surface area contributed by atoms with Gasteiger partial charge in [-0.2, -0.15) is 15.0 Å². The van der Waals surface area contributed by atoms with Crippen LogP contribution in [0.3, 0.4) is 0 Å². The molecule has 0 saturated carbocycles. The maximum Gasteiger partial charge on any atom is 0.328 e. The summed E-state index contributed by atoms with van der Waals surface area (Å²) in [6.07, 6.45) is 0. The van der Waals surface area contributed by atoms with Gasteiger partial charge in [0.1, 0.15) is 11.6 Å². The Bertz CT molecular complexity index is 604. The first-order valence-electron chi connectivity index (χ1n) is 5.52. The minimum atomic E-state index is -0.437. The molecule has 0 radical (unpaired) electrons. The van der Waals surface area contributed by atoms with Gasteiger partial charge in [0, 0.05) is 24.6 Å². The lowest BCUT2D eigenvalue weighted by molar-refractivity contribution is 0.436. The van der Waals surface area contributed by atoms with Crippen molar-refractivity contribution in [3.05, 3.63) is 28.5 Å². The highest BCUT2D eigenvalue weighted by Crippen LogP contribution is 2.25. The molecule has 1 aromatic heterocycles. The van der Waals surface area contributed by atoms with E-state index >= 15 is 0 Å². The van der Waals surface area contributed by atoms with Crippen LogP contribution in [0.4, 0.5) is 16.3 Å². The van der Waals surface area contributed by atoms with Gasteiger partial charge >= 0.3 is 6.01 Å². The Labute approximate surface area is 123 Å². The molecule has 7 nitrogen and oxygen atoms in total. The molecule has 106 valence electrons. The summed E-state index contributed by atoms with van der Waals surface area (Å²) >= 11 is 3.18. The summed E-state index contributed by atoms with van der Waals surface area (Å²) < 4.78 is 19.2. The van der Waals surface area contributed by atoms with Gasteiger partial charge in [-0.3, -0.25) is 5.43 Å². The Morgan fingerprint density at radius 2 is 2.00 bits per heavy atom. The van der Waals surface area contributed by atoms with Crippen molar-refractivity contribution in [3.8, 4) is 11.8 Å². The van der Waals surface area contributed by atoms with E-state index in [0.717, 1.165) is 0 Å². The molecule has 0 saturated heterocycles. The SMILES string of the molecule is CN(C)c1nc(NN)nc(Oc2cc(F)cc(Br)c2)n1. The van der Waals surface area contributed by atoms with Crippen LogP contribution in [0.15, 0.2) is 22.7 Å². The number of rotatable bonds is 4. The van der Waals surface area contributed by atoms with E-state index < -0.39 is 5.82 Å². The van der Waals surface area contributed by atoms with E-state index in [1.165, 1.54) is 12.1 Å². The monoisotopic (exact) mass is 342 g/mol. The van der Waals surface area contributed by atoms with Gasteiger partial charge in [0.05, 0.1) is 0 Å². The number of nitrogens with two attached hydrogens (primary N) is 1. The number of anilines is 2. The Morgan fingerprint density at radius 1 is 1.25 bits per heavy atom. The summed E-state index contributed by atoms with van der Waals surface area (Å²) in [5.74, 6) is 5.62. The molecule has 0 amide bonds. The fourth-order valence-electron chi connectivity index (χ4n) is 1.35. The lowest BCUT2D eigenvalue weighted by atomic mass is 10.3. The molecule has 1 heterocycles. The standard InChI is InChI=1S/C11H12BrFN6O/c1-19(2)10-15-9(18-14)16-11(17-10)20-8-4-6(12)3-7(13)5-8/h3-5H,14H2,1-2H3,(H,15,16,17,18). The number of nitrogens with one attached hydrogen (secondary N) is 1. The van der Waals surface area contributed by atoms with Crippen molar-refractivity contribution in [2.24, 2.45) is 5.84 Å². The van der Waals surface area contributed by atoms with Crippen LogP contribution in [0, 0.1) is 5.82 Å². The molecule has 1 aromatic carbocycles. The number of hydrogen-bond donors (Lipinski definition) is 2. The molecule has 0 fully saturated rings. The first-order valence-corrected chi connectivity index (χ1v) is 6.31. The van der Waals surface area contributed by atoms with E-state index in [0.29, 0.717) is 10.4 Å². The average molecular weight is 343 g/mol. The van der Waals surface area contributed by atoms with Crippen molar-refractivity contribution in [1.29, 1.82) is 0 Å². The number of nitrogens with zero attached hydrogens (tertiary/aromatic N) is 4. The summed E-state index contributed by atoms with van der Waals surface area (Å²) in [7, 11) is 3.52. The lowest BCUT2D eigenvalue weighted by Gasteiger charge is -2.12. The highest BCUT2D eigenvalue weighted by Gasteiger charge is 2.10. The predicted octanol–water partition coefficient (Wildman–Crippen LogP) is 1.92. The minimum absolute atomic E-state index is 0.00847. The van der Waals surface area contributed by atoms with Gasteiger partial charge in [-0.15, -0.1) is 0 Å². The van der Waals surface area contributed by atoms with E-state index in [1.54, 1.807) is 25.1 Å². The van der Waals surface area contributed by atoms with Gasteiger partial charge in [-0.05, 0) is 12.1 Å². The number of aromatic nitrogens is 3. The van der Waals surface area contributed by atoms with Crippen LogP contribution in [-0.4, -0.2) is 29.0 Å². The second-order valence-electron chi connectivity index (χ2n) is 3.99. The van der Waals surface area contributed by atoms with Crippen LogP contribution in [-0.2, 0) is 0 Å². The van der Waals surface area contributed by atoms with Gasteiger partial charge in [-0.1, -0.05) is 15.9 Å². The zero-order valence-corrected chi connectivity index (χ0v) is 12.3. The summed E-state index contributed by atoms with van der Waals surface area (Å²) in [5.41, 5.74) is 2.32. The van der Waals surface area contributed by atoms with Gasteiger partial charge in [0.25, 0.3) is 0 Å². The molecule has 3 N–H and O–H groups in total. The third-order valence-corrected chi connectivity index (χ3v) is 2.64. The molecule has 0 spiro atoms. The van der Waals surface area contributed by atoms with Crippen LogP contribution >= 0.6 is 15.9 Å². The second-order valence-corrected chi connectivity index (χ2v) is 4.90. The Balaban J connectivity index is 2.34. The van der Waals surface area contributed by atoms with Crippen molar-refractivity contribution >= 4 is 27.8 Å². The van der Waals surface area contributed by atoms with Crippen LogP contribution in [0.25, 0.3) is 0 Å². The first-order chi connectivity index (χ1) is 9.47. The second kappa shape index (κ2) is 5.97. The molecular weight excluding hydrogens is 331 g/mol. The molecule has 2 rings (SSSR count). The van der Waals surface area contributed by atoms with Crippen LogP contribution in [0.2, 0.25) is 0 Å². The Hall–Kier alpha value is -2.00. The summed E-state index contributed by atoms with van der Waals surface area (Å²) in [6, 6.07) is 4.14. The number of hydrazine groups is 1. The van der Waals surface area contributed by atoms with Crippen molar-refractivity contribution < 1.29 is 9.13 Å². The minimum Gasteiger partial charge on any atom is -0.424 e. The molecule has 0 aliphatic heterocycles. The van der Waals surface area contributed by atoms with Crippen LogP contribution < -0.4 is 20.9 Å². The Morgan fingerprint density at radius 3 is 2.60 bits per heavy atom. The van der Waals surface area contributed by atoms with Gasteiger partial charge < -0.3 is 9.64 Å². The molecule has 20 heavy (non-hydrogen) atoms. The van der Waals surface area contributed by atoms with Gasteiger partial charge in [0.15, 0.2) is 0 Å². The lowest BCUT2D eigenvalue weighted by Crippen LogP contribution is -2.17. The third-order valence-electron chi connectivity index (χ3n) is 2.18. The van der Waals surface area contributed by atoms with Gasteiger partial charge in [0.2, 0.25) is 11.9 Å². The summed E-state index contributed by atoms with van der Waals surface area (Å²) in [4.78, 5) is 13.7. The van der Waals surface area contributed by atoms with E-state index in [2.05, 4.69) is 36.3 Å². The van der Waals surface area contributed by atoms with Crippen LogP contribution in [0.5, 0.6) is 11.8 Å². The number of ether oxygens (including phenoxy) is 1. The highest BCUT2D eigenvalue weighted by molar-refractivity contribution is 9.10. The molecule has 0 atom stereocenters. The number of benzene rings is 1. The Kier molecular flexibility index (Phi) is 4.30. The molecular formula is C11H12BrFN6O. The van der Waals surface area contributed by atoms with Crippen molar-refractivity contribution in [1.82, 2.24) is 15.0 Å². The zero-order chi connectivity index (χ0) is 14.7. The highest BCUT2D eigenvalue weighted by atomic mass is 79.9. The van der Waals surface area contributed by atoms with E-state index in [-0.39, 0.29) is 17.7 Å². The molecule has 0 aliphatic rings. The van der Waals surface area contributed by atoms with E-state index in [1.807, 2.05) is 0 Å². The number of nitrogen functional groups attached to an aromatic ring is 1. The fraction of sp³-hybridized carbons (Fsp3) is 0.182. The normalized spacial score (nSPS) is 10.2. The topological polar surface area (TPSA) is 89.2 Å². The third kappa shape index (κ3) is 3.52. The maximum atomic E-state index is 13.3. The summed E-state index contributed by atoms with van der Waals surface area (Å²) in [5, 5.41) is 0. The quantitative estimate of drug-likeness (QED) is 0.648. The first kappa shape index (κ1) is 14.4. The molecule has 9 heteroatoms. The molecule has 2 aromatic rings. The maximum absolute atomic E-state index is 13.3. The zero-order valence-electron chi connectivity index (χ0n) is 10.8. The largest absolute Gasteiger partial charge is 0.424 e. The number of halogens is 2. The summed E-state index contributed by atoms with van der Waals surface area (Å²) in [6.45, 7) is 0. The van der Waals surface area contributed by atoms with Gasteiger partial charge in [-0.25, -0.2) is 10.2 Å². The predicted molar refractivity (Wildman–Crippen MR) is 76.1 cm³/mol. The van der Waals surface area contributed by atoms with E-state index in [9.17, 15) is 4.39 Å². The molecule has 0 unspecified atom stereocenters. The fourth-order valence-corrected chi connectivity index (χ4v) is 1.79. The van der Waals surface area contributed by atoms with E-state index in [4.69, 9.17) is 10.6 Å². The molecule has 0 aliphatic carbocycles. The van der Waals surface area contributed by atoms with Crippen LogP contribution in [0.1, 0.15) is 0 Å². The van der Waals surface area contributed by atoms with Crippen molar-refractivity contribution in [3.63, 3.8) is 0 Å². The molecule has 0 bridgehead atoms. The van der Waals surface area contributed by atoms with Crippen molar-refractivity contribution in [2.75, 3.05) is 24.4 Å². The van der Waals surface area contributed by atoms with Crippen molar-refractivity contribution in [2.45, 2.75) is 0 Å².